The van der Waals surface area contributed by atoms with Crippen LogP contribution in [0.5, 0.6) is 0 Å². The number of carbonyl (C=O) groups excluding carboxylic acids is 1. The maximum Gasteiger partial charge on any atom is 0.244 e. The Balaban J connectivity index is 1.20. The van der Waals surface area contributed by atoms with Gasteiger partial charge >= 0.3 is 0 Å². The van der Waals surface area contributed by atoms with E-state index >= 15 is 0 Å². The van der Waals surface area contributed by atoms with Gasteiger partial charge in [0.05, 0.1) is 22.8 Å². The van der Waals surface area contributed by atoms with Crippen LogP contribution in [0.1, 0.15) is 24.4 Å². The van der Waals surface area contributed by atoms with Gasteiger partial charge in [0, 0.05) is 37.9 Å². The molecule has 3 heterocycles. The van der Waals surface area contributed by atoms with Crippen LogP contribution in [0.25, 0.3) is 10.2 Å². The van der Waals surface area contributed by atoms with Crippen molar-refractivity contribution in [3.8, 4) is 0 Å². The van der Waals surface area contributed by atoms with E-state index in [2.05, 4.69) is 60.0 Å². The molecule has 30 heavy (non-hydrogen) atoms. The van der Waals surface area contributed by atoms with E-state index in [-0.39, 0.29) is 18.0 Å². The number of para-hydroxylation sites is 2. The molecule has 6 heteroatoms. The maximum atomic E-state index is 13.4. The highest BCUT2D eigenvalue weighted by Gasteiger charge is 2.35. The van der Waals surface area contributed by atoms with E-state index in [1.165, 1.54) is 15.3 Å². The number of benzene rings is 2. The summed E-state index contributed by atoms with van der Waals surface area (Å²) < 4.78 is 1.25. The number of aromatic nitrogens is 1. The average molecular weight is 421 g/mol. The van der Waals surface area contributed by atoms with E-state index in [9.17, 15) is 4.79 Å². The molecule has 2 aromatic carbocycles. The Morgan fingerprint density at radius 3 is 2.63 bits per heavy atom. The van der Waals surface area contributed by atoms with Gasteiger partial charge < -0.3 is 4.90 Å². The first-order valence-corrected chi connectivity index (χ1v) is 11.6. The SMILES string of the molecule is C[C@H](C(=O)N1c2ccccc2C[C@@H]1C)N1CCN(Cc2nc3ccccc3s2)CC1. The van der Waals surface area contributed by atoms with Gasteiger partial charge in [-0.05, 0) is 44.0 Å². The molecule has 0 N–H and O–H groups in total. The third kappa shape index (κ3) is 3.64. The number of rotatable bonds is 4. The minimum atomic E-state index is -0.0943. The second-order valence-electron chi connectivity index (χ2n) is 8.45. The Morgan fingerprint density at radius 1 is 1.10 bits per heavy atom. The summed E-state index contributed by atoms with van der Waals surface area (Å²) in [6.45, 7) is 8.90. The highest BCUT2D eigenvalue weighted by molar-refractivity contribution is 7.18. The number of amides is 1. The summed E-state index contributed by atoms with van der Waals surface area (Å²) in [6, 6.07) is 16.8. The Labute approximate surface area is 181 Å². The molecule has 0 unspecified atom stereocenters. The van der Waals surface area contributed by atoms with Crippen molar-refractivity contribution in [2.24, 2.45) is 0 Å². The molecule has 5 nitrogen and oxygen atoms in total. The van der Waals surface area contributed by atoms with E-state index in [4.69, 9.17) is 4.98 Å². The third-order valence-electron chi connectivity index (χ3n) is 6.45. The Kier molecular flexibility index (Phi) is 5.31. The summed E-state index contributed by atoms with van der Waals surface area (Å²) in [6.07, 6.45) is 0.949. The zero-order chi connectivity index (χ0) is 20.7. The standard InChI is InChI=1S/C24H28N4OS/c1-17-15-19-7-3-5-9-21(19)28(17)24(29)18(2)27-13-11-26(12-14-27)16-23-25-20-8-4-6-10-22(20)30-23/h3-10,17-18H,11-16H2,1-2H3/t17-,18+/m0/s1. The van der Waals surface area contributed by atoms with Crippen molar-refractivity contribution in [2.75, 3.05) is 31.1 Å². The molecule has 1 saturated heterocycles. The minimum Gasteiger partial charge on any atom is -0.308 e. The second-order valence-corrected chi connectivity index (χ2v) is 9.57. The molecule has 2 aliphatic heterocycles. The first-order valence-electron chi connectivity index (χ1n) is 10.8. The van der Waals surface area contributed by atoms with Crippen LogP contribution in [-0.2, 0) is 17.8 Å². The van der Waals surface area contributed by atoms with Gasteiger partial charge in [-0.15, -0.1) is 11.3 Å². The van der Waals surface area contributed by atoms with Gasteiger partial charge in [-0.3, -0.25) is 14.6 Å². The van der Waals surface area contributed by atoms with Crippen LogP contribution in [-0.4, -0.2) is 59.0 Å². The fourth-order valence-electron chi connectivity index (χ4n) is 4.75. The Morgan fingerprint density at radius 2 is 1.83 bits per heavy atom. The van der Waals surface area contributed by atoms with Crippen LogP contribution in [0.2, 0.25) is 0 Å². The largest absolute Gasteiger partial charge is 0.308 e. The van der Waals surface area contributed by atoms with Crippen molar-refractivity contribution in [2.45, 2.75) is 38.9 Å². The van der Waals surface area contributed by atoms with Gasteiger partial charge in [0.1, 0.15) is 5.01 Å². The van der Waals surface area contributed by atoms with E-state index in [0.717, 1.165) is 50.3 Å². The smallest absolute Gasteiger partial charge is 0.244 e. The molecular formula is C24H28N4OS. The summed E-state index contributed by atoms with van der Waals surface area (Å²) >= 11 is 1.79. The first kappa shape index (κ1) is 19.7. The molecule has 1 aromatic heterocycles. The van der Waals surface area contributed by atoms with Crippen LogP contribution >= 0.6 is 11.3 Å². The molecule has 5 rings (SSSR count). The average Bonchev–Trinajstić information content (AvgIpc) is 3.32. The molecule has 0 spiro atoms. The van der Waals surface area contributed by atoms with Crippen LogP contribution in [0.3, 0.4) is 0 Å². The van der Waals surface area contributed by atoms with Crippen molar-refractivity contribution in [3.05, 3.63) is 59.1 Å². The third-order valence-corrected chi connectivity index (χ3v) is 7.47. The fourth-order valence-corrected chi connectivity index (χ4v) is 5.76. The van der Waals surface area contributed by atoms with Crippen LogP contribution < -0.4 is 4.90 Å². The lowest BCUT2D eigenvalue weighted by molar-refractivity contribution is -0.124. The zero-order valence-electron chi connectivity index (χ0n) is 17.6. The number of hydrogen-bond donors (Lipinski definition) is 0. The summed E-state index contributed by atoms with van der Waals surface area (Å²) in [5, 5.41) is 1.18. The highest BCUT2D eigenvalue weighted by Crippen LogP contribution is 2.33. The first-order chi connectivity index (χ1) is 14.6. The monoisotopic (exact) mass is 420 g/mol. The van der Waals surface area contributed by atoms with Gasteiger partial charge in [-0.25, -0.2) is 4.98 Å². The summed E-state index contributed by atoms with van der Waals surface area (Å²) in [5.74, 6) is 0.229. The van der Waals surface area contributed by atoms with Crippen molar-refractivity contribution < 1.29 is 4.79 Å². The van der Waals surface area contributed by atoms with Gasteiger partial charge in [0.25, 0.3) is 0 Å². The minimum absolute atomic E-state index is 0.0943. The molecule has 0 aliphatic carbocycles. The van der Waals surface area contributed by atoms with Crippen LogP contribution in [0.4, 0.5) is 5.69 Å². The fraction of sp³-hybridized carbons (Fsp3) is 0.417. The number of fused-ring (bicyclic) bond motifs is 2. The summed E-state index contributed by atoms with van der Waals surface area (Å²) in [5.41, 5.74) is 3.47. The van der Waals surface area contributed by atoms with Crippen LogP contribution in [0, 0.1) is 0 Å². The highest BCUT2D eigenvalue weighted by atomic mass is 32.1. The zero-order valence-corrected chi connectivity index (χ0v) is 18.4. The number of carbonyl (C=O) groups is 1. The van der Waals surface area contributed by atoms with E-state index < -0.39 is 0 Å². The molecule has 156 valence electrons. The van der Waals surface area contributed by atoms with Crippen LogP contribution in [0.15, 0.2) is 48.5 Å². The lowest BCUT2D eigenvalue weighted by Gasteiger charge is -2.39. The molecule has 0 bridgehead atoms. The number of nitrogens with zero attached hydrogens (tertiary/aromatic N) is 4. The Hall–Kier alpha value is -2.28. The number of thiazole rings is 1. The molecular weight excluding hydrogens is 392 g/mol. The molecule has 0 saturated carbocycles. The van der Waals surface area contributed by atoms with Gasteiger partial charge in [-0.1, -0.05) is 30.3 Å². The quantitative estimate of drug-likeness (QED) is 0.644. The van der Waals surface area contributed by atoms with Crippen molar-refractivity contribution >= 4 is 33.1 Å². The van der Waals surface area contributed by atoms with E-state index in [0.29, 0.717) is 0 Å². The van der Waals surface area contributed by atoms with Crippen molar-refractivity contribution in [1.82, 2.24) is 14.8 Å². The van der Waals surface area contributed by atoms with Gasteiger partial charge in [-0.2, -0.15) is 0 Å². The number of anilines is 1. The lowest BCUT2D eigenvalue weighted by atomic mass is 10.1. The van der Waals surface area contributed by atoms with Crippen molar-refractivity contribution in [3.63, 3.8) is 0 Å². The normalized spacial score (nSPS) is 21.1. The predicted molar refractivity (Wildman–Crippen MR) is 123 cm³/mol. The molecule has 1 amide bonds. The van der Waals surface area contributed by atoms with Gasteiger partial charge in [0.15, 0.2) is 0 Å². The second kappa shape index (κ2) is 8.10. The van der Waals surface area contributed by atoms with Crippen molar-refractivity contribution in [1.29, 1.82) is 0 Å². The van der Waals surface area contributed by atoms with E-state index in [1.54, 1.807) is 11.3 Å². The van der Waals surface area contributed by atoms with E-state index in [1.807, 2.05) is 17.0 Å². The molecule has 1 fully saturated rings. The Bertz CT molecular complexity index is 1020. The summed E-state index contributed by atoms with van der Waals surface area (Å²) in [7, 11) is 0. The molecule has 3 aromatic rings. The topological polar surface area (TPSA) is 39.7 Å². The molecule has 0 radical (unpaired) electrons. The predicted octanol–water partition coefficient (Wildman–Crippen LogP) is 3.78. The number of hydrogen-bond acceptors (Lipinski definition) is 5. The van der Waals surface area contributed by atoms with Gasteiger partial charge in [0.2, 0.25) is 5.91 Å². The lowest BCUT2D eigenvalue weighted by Crippen LogP contribution is -2.55. The number of piperazine rings is 1. The maximum absolute atomic E-state index is 13.4. The summed E-state index contributed by atoms with van der Waals surface area (Å²) in [4.78, 5) is 24.9. The molecule has 2 aliphatic rings. The molecule has 2 atom stereocenters.